The fourth-order valence-corrected chi connectivity index (χ4v) is 1.73. The van der Waals surface area contributed by atoms with Gasteiger partial charge in [0.05, 0.1) is 5.69 Å². The molecule has 1 aliphatic rings. The minimum absolute atomic E-state index is 0.992. The number of aromatic nitrogens is 1. The fraction of sp³-hybridized carbons (Fsp3) is 0.417. The van der Waals surface area contributed by atoms with Gasteiger partial charge >= 0.3 is 0 Å². The van der Waals surface area contributed by atoms with Gasteiger partial charge in [-0.1, -0.05) is 12.6 Å². The van der Waals surface area contributed by atoms with E-state index in [9.17, 15) is 0 Å². The van der Waals surface area contributed by atoms with E-state index in [2.05, 4.69) is 27.8 Å². The van der Waals surface area contributed by atoms with E-state index in [1.807, 2.05) is 19.1 Å². The van der Waals surface area contributed by atoms with Crippen LogP contribution in [0.25, 0.3) is 5.57 Å². The number of pyridine rings is 1. The van der Waals surface area contributed by atoms with Crippen LogP contribution in [0.1, 0.15) is 12.6 Å². The van der Waals surface area contributed by atoms with E-state index < -0.39 is 0 Å². The SMILES string of the molecule is C=C(C)c1cccc(N2CCNCC2)n1. The minimum Gasteiger partial charge on any atom is -0.354 e. The molecule has 0 aliphatic carbocycles. The molecule has 0 bridgehead atoms. The summed E-state index contributed by atoms with van der Waals surface area (Å²) in [5, 5.41) is 3.33. The quantitative estimate of drug-likeness (QED) is 0.790. The lowest BCUT2D eigenvalue weighted by atomic mass is 10.2. The second kappa shape index (κ2) is 4.45. The predicted molar refractivity (Wildman–Crippen MR) is 64.0 cm³/mol. The van der Waals surface area contributed by atoms with Crippen LogP contribution in [0.15, 0.2) is 24.8 Å². The van der Waals surface area contributed by atoms with Crippen LogP contribution in [0.4, 0.5) is 5.82 Å². The van der Waals surface area contributed by atoms with Gasteiger partial charge in [0.15, 0.2) is 0 Å². The Bertz CT molecular complexity index is 354. The zero-order valence-electron chi connectivity index (χ0n) is 9.16. The summed E-state index contributed by atoms with van der Waals surface area (Å²) in [4.78, 5) is 6.90. The number of anilines is 1. The van der Waals surface area contributed by atoms with Crippen LogP contribution < -0.4 is 10.2 Å². The van der Waals surface area contributed by atoms with Crippen LogP contribution in [0.5, 0.6) is 0 Å². The number of hydrogen-bond acceptors (Lipinski definition) is 3. The van der Waals surface area contributed by atoms with Crippen molar-refractivity contribution in [1.29, 1.82) is 0 Å². The number of rotatable bonds is 2. The summed E-state index contributed by atoms with van der Waals surface area (Å²) in [5.41, 5.74) is 2.01. The van der Waals surface area contributed by atoms with Crippen molar-refractivity contribution in [3.63, 3.8) is 0 Å². The van der Waals surface area contributed by atoms with E-state index in [4.69, 9.17) is 0 Å². The van der Waals surface area contributed by atoms with Crippen LogP contribution in [-0.4, -0.2) is 31.2 Å². The lowest BCUT2D eigenvalue weighted by molar-refractivity contribution is 0.585. The zero-order chi connectivity index (χ0) is 10.7. The van der Waals surface area contributed by atoms with E-state index in [-0.39, 0.29) is 0 Å². The highest BCUT2D eigenvalue weighted by Crippen LogP contribution is 2.15. The average Bonchev–Trinajstić information content (AvgIpc) is 2.30. The number of hydrogen-bond donors (Lipinski definition) is 1. The first-order chi connectivity index (χ1) is 7.27. The van der Waals surface area contributed by atoms with Gasteiger partial charge in [-0.2, -0.15) is 0 Å². The summed E-state index contributed by atoms with van der Waals surface area (Å²) in [6, 6.07) is 6.13. The molecule has 80 valence electrons. The van der Waals surface area contributed by atoms with Gasteiger partial charge in [-0.15, -0.1) is 0 Å². The van der Waals surface area contributed by atoms with E-state index in [1.165, 1.54) is 0 Å². The van der Waals surface area contributed by atoms with E-state index >= 15 is 0 Å². The molecule has 0 radical (unpaired) electrons. The summed E-state index contributed by atoms with van der Waals surface area (Å²) in [7, 11) is 0. The molecule has 0 amide bonds. The predicted octanol–water partition coefficient (Wildman–Crippen LogP) is 1.52. The molecule has 1 N–H and O–H groups in total. The molecule has 1 fully saturated rings. The van der Waals surface area contributed by atoms with Gasteiger partial charge < -0.3 is 10.2 Å². The van der Waals surface area contributed by atoms with Gasteiger partial charge in [0, 0.05) is 26.2 Å². The zero-order valence-corrected chi connectivity index (χ0v) is 9.16. The van der Waals surface area contributed by atoms with Crippen LogP contribution in [0.2, 0.25) is 0 Å². The summed E-state index contributed by atoms with van der Waals surface area (Å²) in [6.45, 7) is 10.1. The maximum absolute atomic E-state index is 4.59. The van der Waals surface area contributed by atoms with Gasteiger partial charge in [-0.05, 0) is 24.6 Å². The van der Waals surface area contributed by atoms with Crippen molar-refractivity contribution < 1.29 is 0 Å². The van der Waals surface area contributed by atoms with Gasteiger partial charge in [0.2, 0.25) is 0 Å². The monoisotopic (exact) mass is 203 g/mol. The Kier molecular flexibility index (Phi) is 3.02. The Morgan fingerprint density at radius 1 is 1.40 bits per heavy atom. The topological polar surface area (TPSA) is 28.2 Å². The Labute approximate surface area is 90.8 Å². The molecule has 0 saturated carbocycles. The molecule has 1 aromatic rings. The summed E-state index contributed by atoms with van der Waals surface area (Å²) in [6.07, 6.45) is 0. The molecule has 0 atom stereocenters. The normalized spacial score (nSPS) is 16.5. The fourth-order valence-electron chi connectivity index (χ4n) is 1.73. The maximum Gasteiger partial charge on any atom is 0.129 e. The van der Waals surface area contributed by atoms with Gasteiger partial charge in [0.25, 0.3) is 0 Å². The Balaban J connectivity index is 2.19. The molecule has 2 heterocycles. The second-order valence-corrected chi connectivity index (χ2v) is 3.90. The number of piperazine rings is 1. The van der Waals surface area contributed by atoms with Gasteiger partial charge in [-0.3, -0.25) is 0 Å². The first-order valence-corrected chi connectivity index (χ1v) is 5.36. The smallest absolute Gasteiger partial charge is 0.129 e. The molecule has 0 spiro atoms. The van der Waals surface area contributed by atoms with Gasteiger partial charge in [-0.25, -0.2) is 4.98 Å². The molecule has 2 rings (SSSR count). The lowest BCUT2D eigenvalue weighted by Crippen LogP contribution is -2.43. The highest BCUT2D eigenvalue weighted by molar-refractivity contribution is 5.59. The van der Waals surface area contributed by atoms with E-state index in [1.54, 1.807) is 0 Å². The maximum atomic E-state index is 4.59. The number of allylic oxidation sites excluding steroid dienone is 1. The third-order valence-corrected chi connectivity index (χ3v) is 2.61. The van der Waals surface area contributed by atoms with Crippen molar-refractivity contribution in [2.45, 2.75) is 6.92 Å². The van der Waals surface area contributed by atoms with E-state index in [0.717, 1.165) is 43.3 Å². The first-order valence-electron chi connectivity index (χ1n) is 5.36. The molecule has 0 aromatic carbocycles. The summed E-state index contributed by atoms with van der Waals surface area (Å²) in [5.74, 6) is 1.07. The van der Waals surface area contributed by atoms with Crippen molar-refractivity contribution >= 4 is 11.4 Å². The molecule has 1 saturated heterocycles. The Morgan fingerprint density at radius 2 is 2.13 bits per heavy atom. The molecule has 3 nitrogen and oxygen atoms in total. The highest BCUT2D eigenvalue weighted by atomic mass is 15.2. The third kappa shape index (κ3) is 2.36. The lowest BCUT2D eigenvalue weighted by Gasteiger charge is -2.28. The van der Waals surface area contributed by atoms with Crippen molar-refractivity contribution in [1.82, 2.24) is 10.3 Å². The molecular weight excluding hydrogens is 186 g/mol. The largest absolute Gasteiger partial charge is 0.354 e. The molecule has 0 unspecified atom stereocenters. The van der Waals surface area contributed by atoms with Crippen molar-refractivity contribution in [2.24, 2.45) is 0 Å². The molecule has 1 aromatic heterocycles. The van der Waals surface area contributed by atoms with E-state index in [0.29, 0.717) is 0 Å². The van der Waals surface area contributed by atoms with Crippen LogP contribution >= 0.6 is 0 Å². The Hall–Kier alpha value is -1.35. The van der Waals surface area contributed by atoms with Crippen molar-refractivity contribution in [3.8, 4) is 0 Å². The Morgan fingerprint density at radius 3 is 2.80 bits per heavy atom. The summed E-state index contributed by atoms with van der Waals surface area (Å²) >= 11 is 0. The van der Waals surface area contributed by atoms with Gasteiger partial charge in [0.1, 0.15) is 5.82 Å². The molecule has 1 aliphatic heterocycles. The van der Waals surface area contributed by atoms with Crippen LogP contribution in [-0.2, 0) is 0 Å². The third-order valence-electron chi connectivity index (χ3n) is 2.61. The second-order valence-electron chi connectivity index (χ2n) is 3.90. The molecular formula is C12H17N3. The molecule has 3 heteroatoms. The minimum atomic E-state index is 0.992. The van der Waals surface area contributed by atoms with Crippen LogP contribution in [0, 0.1) is 0 Å². The number of nitrogens with zero attached hydrogens (tertiary/aromatic N) is 2. The standard InChI is InChI=1S/C12H17N3/c1-10(2)11-4-3-5-12(14-11)15-8-6-13-7-9-15/h3-5,13H,1,6-9H2,2H3. The summed E-state index contributed by atoms with van der Waals surface area (Å²) < 4.78 is 0. The first kappa shape index (κ1) is 10.2. The highest BCUT2D eigenvalue weighted by Gasteiger charge is 2.11. The van der Waals surface area contributed by atoms with Crippen molar-refractivity contribution in [2.75, 3.05) is 31.1 Å². The van der Waals surface area contributed by atoms with Crippen molar-refractivity contribution in [3.05, 3.63) is 30.5 Å². The molecule has 15 heavy (non-hydrogen) atoms. The van der Waals surface area contributed by atoms with Crippen LogP contribution in [0.3, 0.4) is 0 Å². The number of nitrogens with one attached hydrogen (secondary N) is 1. The average molecular weight is 203 g/mol.